The molecule has 1 fully saturated rings. The molecule has 0 aromatic carbocycles. The zero-order valence-corrected chi connectivity index (χ0v) is 20.5. The van der Waals surface area contributed by atoms with Crippen molar-refractivity contribution in [1.82, 2.24) is 9.88 Å². The van der Waals surface area contributed by atoms with Crippen molar-refractivity contribution in [3.8, 4) is 0 Å². The highest BCUT2D eigenvalue weighted by Crippen LogP contribution is 2.62. The van der Waals surface area contributed by atoms with Crippen LogP contribution in [0.5, 0.6) is 0 Å². The first-order chi connectivity index (χ1) is 15.6. The molecule has 5 atom stereocenters. The Hall–Kier alpha value is -2.23. The lowest BCUT2D eigenvalue weighted by Gasteiger charge is -2.58. The summed E-state index contributed by atoms with van der Waals surface area (Å²) in [6.45, 7) is 11.7. The standard InChI is InChI=1S/C24H35N3O5S/c1-6-10-27(5)19(30)12-15-20-16(33-21(25-20)26-22(31)32-11-7-2)13-17-23(15,3)9-8-18(29)24(17,4)14-28/h6-7,15,17-18,28-29H,1-2,8-14H2,3-5H3,(H,25,26,31)/t15-,17+,18-,23+,24+/m1/s1. The van der Waals surface area contributed by atoms with Gasteiger partial charge in [0, 0.05) is 36.2 Å². The number of fused-ring (bicyclic) bond motifs is 2. The molecule has 1 aromatic rings. The highest BCUT2D eigenvalue weighted by Gasteiger charge is 2.59. The molecular weight excluding hydrogens is 442 g/mol. The maximum Gasteiger partial charge on any atom is 0.413 e. The van der Waals surface area contributed by atoms with Crippen LogP contribution in [0.1, 0.15) is 49.6 Å². The quantitative estimate of drug-likeness (QED) is 0.495. The minimum Gasteiger partial charge on any atom is -0.445 e. The zero-order chi connectivity index (χ0) is 24.4. The number of hydrogen-bond donors (Lipinski definition) is 3. The zero-order valence-electron chi connectivity index (χ0n) is 19.7. The Labute approximate surface area is 199 Å². The van der Waals surface area contributed by atoms with Gasteiger partial charge in [-0.1, -0.05) is 32.6 Å². The van der Waals surface area contributed by atoms with Crippen LogP contribution in [-0.4, -0.2) is 65.0 Å². The smallest absolute Gasteiger partial charge is 0.413 e. The Morgan fingerprint density at radius 3 is 2.73 bits per heavy atom. The third-order valence-electron chi connectivity index (χ3n) is 7.64. The number of hydrogen-bond acceptors (Lipinski definition) is 7. The second kappa shape index (κ2) is 9.95. The van der Waals surface area contributed by atoms with Gasteiger partial charge in [0.2, 0.25) is 5.91 Å². The van der Waals surface area contributed by atoms with Crippen LogP contribution in [0.3, 0.4) is 0 Å². The van der Waals surface area contributed by atoms with Crippen LogP contribution in [0.2, 0.25) is 0 Å². The van der Waals surface area contributed by atoms with Gasteiger partial charge in [0.1, 0.15) is 6.61 Å². The summed E-state index contributed by atoms with van der Waals surface area (Å²) in [5.41, 5.74) is -0.224. The van der Waals surface area contributed by atoms with E-state index < -0.39 is 17.6 Å². The van der Waals surface area contributed by atoms with E-state index >= 15 is 0 Å². The van der Waals surface area contributed by atoms with E-state index in [9.17, 15) is 19.8 Å². The number of thiazole rings is 1. The fourth-order valence-electron chi connectivity index (χ4n) is 5.58. The van der Waals surface area contributed by atoms with Gasteiger partial charge in [0.15, 0.2) is 5.13 Å². The molecule has 0 radical (unpaired) electrons. The summed E-state index contributed by atoms with van der Waals surface area (Å²) in [5.74, 6) is -0.271. The number of anilines is 1. The molecule has 3 rings (SSSR count). The van der Waals surface area contributed by atoms with Crippen LogP contribution >= 0.6 is 11.3 Å². The highest BCUT2D eigenvalue weighted by atomic mass is 32.1. The van der Waals surface area contributed by atoms with Crippen molar-refractivity contribution < 1.29 is 24.5 Å². The van der Waals surface area contributed by atoms with Gasteiger partial charge in [0.25, 0.3) is 0 Å². The molecule has 2 aliphatic carbocycles. The first-order valence-electron chi connectivity index (χ1n) is 11.3. The minimum absolute atomic E-state index is 0.0162. The molecule has 3 N–H and O–H groups in total. The minimum atomic E-state index is -0.695. The van der Waals surface area contributed by atoms with Crippen molar-refractivity contribution in [3.05, 3.63) is 35.9 Å². The molecule has 1 aromatic heterocycles. The average molecular weight is 478 g/mol. The largest absolute Gasteiger partial charge is 0.445 e. The number of amides is 2. The fraction of sp³-hybridized carbons (Fsp3) is 0.625. The Balaban J connectivity index is 2.01. The number of nitrogens with zero attached hydrogens (tertiary/aromatic N) is 2. The van der Waals surface area contributed by atoms with Crippen LogP contribution in [-0.2, 0) is 16.0 Å². The summed E-state index contributed by atoms with van der Waals surface area (Å²) in [7, 11) is 1.75. The SMILES string of the molecule is C=CCOC(=O)Nc1nc2c(s1)C[C@@H]1[C@](C)(CO)[C@H](O)CC[C@@]1(C)[C@@H]2CC(=O)N(C)CC=C. The highest BCUT2D eigenvalue weighted by molar-refractivity contribution is 7.15. The number of aliphatic hydroxyl groups is 2. The van der Waals surface area contributed by atoms with E-state index in [-0.39, 0.29) is 42.8 Å². The van der Waals surface area contributed by atoms with Crippen LogP contribution in [0.25, 0.3) is 0 Å². The molecule has 1 saturated carbocycles. The maximum absolute atomic E-state index is 13.1. The van der Waals surface area contributed by atoms with Crippen molar-refractivity contribution in [2.24, 2.45) is 16.7 Å². The molecule has 0 aliphatic heterocycles. The Morgan fingerprint density at radius 2 is 2.09 bits per heavy atom. The monoisotopic (exact) mass is 477 g/mol. The van der Waals surface area contributed by atoms with Gasteiger partial charge in [-0.15, -0.1) is 17.9 Å². The molecule has 9 heteroatoms. The van der Waals surface area contributed by atoms with Gasteiger partial charge in [-0.2, -0.15) is 0 Å². The normalized spacial score (nSPS) is 30.5. The number of likely N-dealkylation sites (N-methyl/N-ethyl adjacent to an activating group) is 1. The second-order valence-electron chi connectivity index (χ2n) is 9.64. The van der Waals surface area contributed by atoms with Gasteiger partial charge in [0.05, 0.1) is 18.4 Å². The predicted molar refractivity (Wildman–Crippen MR) is 128 cm³/mol. The number of carbonyl (C=O) groups excluding carboxylic acids is 2. The van der Waals surface area contributed by atoms with Crippen LogP contribution in [0.4, 0.5) is 9.93 Å². The fourth-order valence-corrected chi connectivity index (χ4v) is 6.64. The van der Waals surface area contributed by atoms with E-state index in [1.165, 1.54) is 17.4 Å². The van der Waals surface area contributed by atoms with Gasteiger partial charge >= 0.3 is 6.09 Å². The van der Waals surface area contributed by atoms with Crippen molar-refractivity contribution in [2.75, 3.05) is 32.1 Å². The van der Waals surface area contributed by atoms with Gasteiger partial charge in [-0.25, -0.2) is 9.78 Å². The first-order valence-corrected chi connectivity index (χ1v) is 12.1. The van der Waals surface area contributed by atoms with E-state index in [1.807, 2.05) is 6.92 Å². The topological polar surface area (TPSA) is 112 Å². The summed E-state index contributed by atoms with van der Waals surface area (Å²) in [4.78, 5) is 32.5. The van der Waals surface area contributed by atoms with Gasteiger partial charge < -0.3 is 19.8 Å². The summed E-state index contributed by atoms with van der Waals surface area (Å²) >= 11 is 1.36. The average Bonchev–Trinajstić information content (AvgIpc) is 3.18. The van der Waals surface area contributed by atoms with E-state index in [1.54, 1.807) is 18.0 Å². The lowest BCUT2D eigenvalue weighted by molar-refractivity contribution is -0.146. The number of aliphatic hydroxyl groups excluding tert-OH is 2. The van der Waals surface area contributed by atoms with E-state index in [4.69, 9.17) is 9.72 Å². The lowest BCUT2D eigenvalue weighted by atomic mass is 9.47. The lowest BCUT2D eigenvalue weighted by Crippen LogP contribution is -2.57. The number of carbonyl (C=O) groups is 2. The molecule has 0 bridgehead atoms. The van der Waals surface area contributed by atoms with E-state index in [2.05, 4.69) is 25.4 Å². The van der Waals surface area contributed by atoms with E-state index in [0.717, 1.165) is 17.0 Å². The molecule has 8 nitrogen and oxygen atoms in total. The second-order valence-corrected chi connectivity index (χ2v) is 10.7. The number of aromatic nitrogens is 1. The predicted octanol–water partition coefficient (Wildman–Crippen LogP) is 3.33. The summed E-state index contributed by atoms with van der Waals surface area (Å²) in [6.07, 6.45) is 4.09. The van der Waals surface area contributed by atoms with Crippen LogP contribution in [0, 0.1) is 16.7 Å². The number of rotatable bonds is 8. The summed E-state index contributed by atoms with van der Waals surface area (Å²) < 4.78 is 5.02. The van der Waals surface area contributed by atoms with E-state index in [0.29, 0.717) is 24.5 Å². The number of ether oxygens (including phenoxy) is 1. The Kier molecular flexibility index (Phi) is 7.65. The maximum atomic E-state index is 13.1. The Morgan fingerprint density at radius 1 is 1.36 bits per heavy atom. The van der Waals surface area contributed by atoms with Crippen molar-refractivity contribution in [2.45, 2.75) is 51.6 Å². The third kappa shape index (κ3) is 4.72. The molecule has 0 spiro atoms. The molecule has 2 amide bonds. The summed E-state index contributed by atoms with van der Waals surface area (Å²) in [6, 6.07) is 0. The molecule has 0 saturated heterocycles. The van der Waals surface area contributed by atoms with Crippen LogP contribution in [0.15, 0.2) is 25.3 Å². The first kappa shape index (κ1) is 25.4. The molecular formula is C24H35N3O5S. The molecule has 33 heavy (non-hydrogen) atoms. The van der Waals surface area contributed by atoms with Gasteiger partial charge in [-0.05, 0) is 30.6 Å². The van der Waals surface area contributed by atoms with Crippen molar-refractivity contribution in [1.29, 1.82) is 0 Å². The molecule has 0 unspecified atom stereocenters. The molecule has 182 valence electrons. The summed E-state index contributed by atoms with van der Waals surface area (Å²) in [5, 5.41) is 24.2. The van der Waals surface area contributed by atoms with Crippen LogP contribution < -0.4 is 5.32 Å². The third-order valence-corrected chi connectivity index (χ3v) is 8.65. The molecule has 2 aliphatic rings. The molecule has 1 heterocycles. The van der Waals surface area contributed by atoms with Crippen molar-refractivity contribution in [3.63, 3.8) is 0 Å². The Bertz CT molecular complexity index is 918. The van der Waals surface area contributed by atoms with Crippen molar-refractivity contribution >= 4 is 28.5 Å². The number of nitrogens with one attached hydrogen (secondary N) is 1. The van der Waals surface area contributed by atoms with Gasteiger partial charge in [-0.3, -0.25) is 10.1 Å².